The molecule has 2 amide bonds. The highest BCUT2D eigenvalue weighted by atomic mass is 32.2. The van der Waals surface area contributed by atoms with Gasteiger partial charge < -0.3 is 10.2 Å². The second-order valence-electron chi connectivity index (χ2n) is 8.05. The number of para-hydroxylation sites is 1. The van der Waals surface area contributed by atoms with Crippen LogP contribution in [0, 0.1) is 12.7 Å². The molecule has 0 aromatic heterocycles. The summed E-state index contributed by atoms with van der Waals surface area (Å²) in [7, 11) is -3.97. The first-order chi connectivity index (χ1) is 15.5. The van der Waals surface area contributed by atoms with Gasteiger partial charge in [-0.3, -0.25) is 13.9 Å². The number of benzene rings is 2. The van der Waals surface area contributed by atoms with E-state index in [4.69, 9.17) is 0 Å². The molecule has 0 unspecified atom stereocenters. The van der Waals surface area contributed by atoms with Crippen LogP contribution in [-0.2, 0) is 26.2 Å². The smallest absolute Gasteiger partial charge is 0.244 e. The van der Waals surface area contributed by atoms with Crippen LogP contribution in [0.4, 0.5) is 10.1 Å². The molecule has 2 aromatic rings. The van der Waals surface area contributed by atoms with Crippen LogP contribution in [-0.4, -0.2) is 50.5 Å². The number of anilines is 1. The van der Waals surface area contributed by atoms with Crippen LogP contribution in [0.2, 0.25) is 0 Å². The molecule has 0 spiro atoms. The second kappa shape index (κ2) is 11.8. The number of amides is 2. The fourth-order valence-electron chi connectivity index (χ4n) is 3.37. The van der Waals surface area contributed by atoms with Crippen molar-refractivity contribution in [1.29, 1.82) is 0 Å². The van der Waals surface area contributed by atoms with Gasteiger partial charge in [0.25, 0.3) is 0 Å². The first kappa shape index (κ1) is 26.3. The van der Waals surface area contributed by atoms with Crippen LogP contribution in [0.1, 0.15) is 37.8 Å². The summed E-state index contributed by atoms with van der Waals surface area (Å²) in [5.74, 6) is -1.70. The quantitative estimate of drug-likeness (QED) is 0.504. The zero-order valence-corrected chi connectivity index (χ0v) is 20.4. The molecule has 0 saturated heterocycles. The van der Waals surface area contributed by atoms with Crippen LogP contribution in [0.15, 0.2) is 48.5 Å². The van der Waals surface area contributed by atoms with Crippen molar-refractivity contribution in [3.05, 3.63) is 65.5 Å². The molecule has 0 saturated carbocycles. The number of hydrogen-bond acceptors (Lipinski definition) is 4. The summed E-state index contributed by atoms with van der Waals surface area (Å²) in [5, 5.41) is 2.82. The maximum absolute atomic E-state index is 14.4. The van der Waals surface area contributed by atoms with E-state index in [1.54, 1.807) is 6.92 Å². The summed E-state index contributed by atoms with van der Waals surface area (Å²) in [6, 6.07) is 12.0. The van der Waals surface area contributed by atoms with E-state index < -0.39 is 34.3 Å². The monoisotopic (exact) mass is 477 g/mol. The summed E-state index contributed by atoms with van der Waals surface area (Å²) in [6.45, 7) is 5.49. The molecular formula is C24H32FN3O4S. The summed E-state index contributed by atoms with van der Waals surface area (Å²) in [4.78, 5) is 27.4. The number of aryl methyl sites for hydroxylation is 1. The third kappa shape index (κ3) is 7.56. The van der Waals surface area contributed by atoms with E-state index >= 15 is 0 Å². The molecule has 7 nitrogen and oxygen atoms in total. The van der Waals surface area contributed by atoms with E-state index in [1.165, 1.54) is 23.1 Å². The van der Waals surface area contributed by atoms with Crippen molar-refractivity contribution >= 4 is 27.5 Å². The predicted molar refractivity (Wildman–Crippen MR) is 128 cm³/mol. The number of hydrogen-bond donors (Lipinski definition) is 1. The maximum atomic E-state index is 14.4. The number of nitrogens with zero attached hydrogens (tertiary/aromatic N) is 2. The summed E-state index contributed by atoms with van der Waals surface area (Å²) in [6.07, 6.45) is 2.63. The highest BCUT2D eigenvalue weighted by molar-refractivity contribution is 7.92. The lowest BCUT2D eigenvalue weighted by Gasteiger charge is -2.31. The Morgan fingerprint density at radius 2 is 1.82 bits per heavy atom. The standard InChI is InChI=1S/C24H32FN3O4S/c1-5-6-14-26-24(30)19(3)27(16-20-11-9-10-18(2)15-20)23(29)17-28(33(4,31)32)22-13-8-7-12-21(22)25/h7-13,15,19H,5-6,14,16-17H2,1-4H3,(H,26,30)/t19-/m1/s1. The van der Waals surface area contributed by atoms with E-state index in [0.717, 1.165) is 40.6 Å². The number of sulfonamides is 1. The zero-order chi connectivity index (χ0) is 24.6. The Kier molecular flexibility index (Phi) is 9.40. The Hall–Kier alpha value is -2.94. The van der Waals surface area contributed by atoms with E-state index in [-0.39, 0.29) is 18.1 Å². The minimum Gasteiger partial charge on any atom is -0.354 e. The fraction of sp³-hybridized carbons (Fsp3) is 0.417. The van der Waals surface area contributed by atoms with Crippen LogP contribution in [0.3, 0.4) is 0 Å². The highest BCUT2D eigenvalue weighted by Gasteiger charge is 2.30. The minimum absolute atomic E-state index is 0.109. The van der Waals surface area contributed by atoms with Crippen molar-refractivity contribution in [2.45, 2.75) is 46.2 Å². The third-order valence-corrected chi connectivity index (χ3v) is 6.36. The fourth-order valence-corrected chi connectivity index (χ4v) is 4.22. The van der Waals surface area contributed by atoms with Crippen LogP contribution < -0.4 is 9.62 Å². The molecule has 0 aliphatic carbocycles. The van der Waals surface area contributed by atoms with E-state index in [9.17, 15) is 22.4 Å². The van der Waals surface area contributed by atoms with Gasteiger partial charge in [0.05, 0.1) is 11.9 Å². The lowest BCUT2D eigenvalue weighted by Crippen LogP contribution is -2.51. The SMILES string of the molecule is CCCCNC(=O)[C@@H](C)N(Cc1cccc(C)c1)C(=O)CN(c1ccccc1F)S(C)(=O)=O. The van der Waals surface area contributed by atoms with Gasteiger partial charge in [-0.25, -0.2) is 12.8 Å². The van der Waals surface area contributed by atoms with E-state index in [0.29, 0.717) is 6.54 Å². The predicted octanol–water partition coefficient (Wildman–Crippen LogP) is 3.23. The topological polar surface area (TPSA) is 86.8 Å². The van der Waals surface area contributed by atoms with Crippen molar-refractivity contribution in [1.82, 2.24) is 10.2 Å². The molecule has 0 fully saturated rings. The van der Waals surface area contributed by atoms with Gasteiger partial charge in [0, 0.05) is 13.1 Å². The summed E-state index contributed by atoms with van der Waals surface area (Å²) < 4.78 is 40.0. The minimum atomic E-state index is -3.97. The Balaban J connectivity index is 2.36. The molecule has 2 aromatic carbocycles. The van der Waals surface area contributed by atoms with Gasteiger partial charge in [0.1, 0.15) is 18.4 Å². The van der Waals surface area contributed by atoms with Crippen molar-refractivity contribution < 1.29 is 22.4 Å². The summed E-state index contributed by atoms with van der Waals surface area (Å²) >= 11 is 0. The largest absolute Gasteiger partial charge is 0.354 e. The lowest BCUT2D eigenvalue weighted by atomic mass is 10.1. The van der Waals surface area contributed by atoms with Gasteiger partial charge in [-0.1, -0.05) is 55.3 Å². The number of rotatable bonds is 11. The van der Waals surface area contributed by atoms with Gasteiger partial charge in [0.2, 0.25) is 21.8 Å². The average molecular weight is 478 g/mol. The van der Waals surface area contributed by atoms with E-state index in [1.807, 2.05) is 38.1 Å². The lowest BCUT2D eigenvalue weighted by molar-refractivity contribution is -0.139. The molecule has 180 valence electrons. The molecule has 1 N–H and O–H groups in total. The van der Waals surface area contributed by atoms with Crippen molar-refractivity contribution in [2.75, 3.05) is 23.7 Å². The molecule has 2 rings (SSSR count). The molecule has 0 aliphatic heterocycles. The summed E-state index contributed by atoms with van der Waals surface area (Å²) in [5.41, 5.74) is 1.57. The maximum Gasteiger partial charge on any atom is 0.244 e. The molecule has 33 heavy (non-hydrogen) atoms. The third-order valence-electron chi connectivity index (χ3n) is 5.23. The first-order valence-electron chi connectivity index (χ1n) is 10.9. The van der Waals surface area contributed by atoms with Crippen LogP contribution in [0.25, 0.3) is 0 Å². The van der Waals surface area contributed by atoms with E-state index in [2.05, 4.69) is 5.32 Å². The van der Waals surface area contributed by atoms with Gasteiger partial charge in [-0.15, -0.1) is 0 Å². The molecular weight excluding hydrogens is 445 g/mol. The molecule has 9 heteroatoms. The number of unbranched alkanes of at least 4 members (excludes halogenated alkanes) is 1. The molecule has 1 atom stereocenters. The number of nitrogens with one attached hydrogen (secondary N) is 1. The number of halogens is 1. The normalized spacial score (nSPS) is 12.2. The molecule has 0 radical (unpaired) electrons. The van der Waals surface area contributed by atoms with Gasteiger partial charge >= 0.3 is 0 Å². The molecule has 0 aliphatic rings. The van der Waals surface area contributed by atoms with Crippen molar-refractivity contribution in [3.8, 4) is 0 Å². The van der Waals surface area contributed by atoms with Crippen molar-refractivity contribution in [3.63, 3.8) is 0 Å². The van der Waals surface area contributed by atoms with Gasteiger partial charge in [-0.05, 0) is 38.0 Å². The highest BCUT2D eigenvalue weighted by Crippen LogP contribution is 2.22. The van der Waals surface area contributed by atoms with Crippen LogP contribution in [0.5, 0.6) is 0 Å². The van der Waals surface area contributed by atoms with Gasteiger partial charge in [-0.2, -0.15) is 0 Å². The molecule has 0 heterocycles. The van der Waals surface area contributed by atoms with Crippen LogP contribution >= 0.6 is 0 Å². The average Bonchev–Trinajstić information content (AvgIpc) is 2.75. The number of carbonyl (C=O) groups excluding carboxylic acids is 2. The number of carbonyl (C=O) groups is 2. The Labute approximate surface area is 195 Å². The Morgan fingerprint density at radius 3 is 2.42 bits per heavy atom. The van der Waals surface area contributed by atoms with Crippen molar-refractivity contribution in [2.24, 2.45) is 0 Å². The van der Waals surface area contributed by atoms with Gasteiger partial charge in [0.15, 0.2) is 0 Å². The Morgan fingerprint density at radius 1 is 1.12 bits per heavy atom. The second-order valence-corrected chi connectivity index (χ2v) is 9.96. The molecule has 0 bridgehead atoms. The zero-order valence-electron chi connectivity index (χ0n) is 19.5. The first-order valence-corrected chi connectivity index (χ1v) is 12.7. The Bertz CT molecular complexity index is 1070.